The second-order valence-corrected chi connectivity index (χ2v) is 4.69. The van der Waals surface area contributed by atoms with Crippen molar-refractivity contribution < 1.29 is 9.59 Å². The van der Waals surface area contributed by atoms with E-state index in [2.05, 4.69) is 20.8 Å². The Balaban J connectivity index is 1.79. The van der Waals surface area contributed by atoms with Gasteiger partial charge in [-0.1, -0.05) is 29.8 Å². The maximum atomic E-state index is 11.6. The van der Waals surface area contributed by atoms with Crippen LogP contribution in [0.4, 0.5) is 0 Å². The summed E-state index contributed by atoms with van der Waals surface area (Å²) in [6, 6.07) is 12.2. The third kappa shape index (κ3) is 4.99. The number of amides is 2. The van der Waals surface area contributed by atoms with Crippen molar-refractivity contribution in [2.75, 3.05) is 0 Å². The standard InChI is InChI=1S/C15H13ClN4O2/c16-12-6-4-11(5-7-12)9-19-20-15(22)14(21)18-10-13-3-1-2-8-17-13/h1-9H,10H2,(H,18,21)(H,20,22). The molecule has 0 fully saturated rings. The highest BCUT2D eigenvalue weighted by Crippen LogP contribution is 2.07. The van der Waals surface area contributed by atoms with Crippen molar-refractivity contribution in [2.24, 2.45) is 5.10 Å². The van der Waals surface area contributed by atoms with Crippen molar-refractivity contribution in [1.82, 2.24) is 15.7 Å². The van der Waals surface area contributed by atoms with E-state index in [0.29, 0.717) is 10.7 Å². The van der Waals surface area contributed by atoms with Gasteiger partial charge in [0, 0.05) is 11.2 Å². The first-order valence-corrected chi connectivity index (χ1v) is 6.79. The van der Waals surface area contributed by atoms with Crippen molar-refractivity contribution >= 4 is 29.6 Å². The van der Waals surface area contributed by atoms with Gasteiger partial charge in [0.05, 0.1) is 18.5 Å². The number of carbonyl (C=O) groups excluding carboxylic acids is 2. The molecule has 0 saturated heterocycles. The van der Waals surface area contributed by atoms with E-state index < -0.39 is 11.8 Å². The number of aromatic nitrogens is 1. The molecule has 0 radical (unpaired) electrons. The Morgan fingerprint density at radius 3 is 2.59 bits per heavy atom. The Morgan fingerprint density at radius 2 is 1.91 bits per heavy atom. The molecule has 0 atom stereocenters. The third-order valence-electron chi connectivity index (χ3n) is 2.61. The highest BCUT2D eigenvalue weighted by Gasteiger charge is 2.11. The minimum atomic E-state index is -0.846. The highest BCUT2D eigenvalue weighted by molar-refractivity contribution is 6.35. The molecule has 112 valence electrons. The Hall–Kier alpha value is -2.73. The fraction of sp³-hybridized carbons (Fsp3) is 0.0667. The van der Waals surface area contributed by atoms with Crippen LogP contribution >= 0.6 is 11.6 Å². The van der Waals surface area contributed by atoms with Gasteiger partial charge in [0.25, 0.3) is 0 Å². The predicted molar refractivity (Wildman–Crippen MR) is 83.3 cm³/mol. The number of benzene rings is 1. The van der Waals surface area contributed by atoms with Crippen molar-refractivity contribution in [3.63, 3.8) is 0 Å². The summed E-state index contributed by atoms with van der Waals surface area (Å²) in [7, 11) is 0. The fourth-order valence-electron chi connectivity index (χ4n) is 1.52. The molecule has 2 aromatic rings. The molecule has 2 N–H and O–H groups in total. The van der Waals surface area contributed by atoms with E-state index >= 15 is 0 Å². The molecule has 22 heavy (non-hydrogen) atoms. The van der Waals surface area contributed by atoms with Crippen LogP contribution in [-0.4, -0.2) is 23.0 Å². The first-order valence-electron chi connectivity index (χ1n) is 6.42. The summed E-state index contributed by atoms with van der Waals surface area (Å²) in [5.74, 6) is -1.62. The number of hydrazone groups is 1. The lowest BCUT2D eigenvalue weighted by Crippen LogP contribution is -2.37. The summed E-state index contributed by atoms with van der Waals surface area (Å²) in [4.78, 5) is 27.1. The number of carbonyl (C=O) groups is 2. The van der Waals surface area contributed by atoms with Gasteiger partial charge < -0.3 is 5.32 Å². The lowest BCUT2D eigenvalue weighted by atomic mass is 10.2. The molecule has 0 spiro atoms. The van der Waals surface area contributed by atoms with Crippen LogP contribution in [0.3, 0.4) is 0 Å². The van der Waals surface area contributed by atoms with E-state index in [-0.39, 0.29) is 6.54 Å². The Bertz CT molecular complexity index is 672. The average Bonchev–Trinajstić information content (AvgIpc) is 2.55. The van der Waals surface area contributed by atoms with E-state index in [1.807, 2.05) is 0 Å². The molecule has 0 aliphatic heterocycles. The summed E-state index contributed by atoms with van der Waals surface area (Å²) in [6.45, 7) is 0.175. The molecule has 1 aromatic heterocycles. The number of rotatable bonds is 4. The molecule has 0 aliphatic rings. The van der Waals surface area contributed by atoms with Crippen LogP contribution in [0.2, 0.25) is 5.02 Å². The van der Waals surface area contributed by atoms with Crippen molar-refractivity contribution in [2.45, 2.75) is 6.54 Å². The molecule has 1 aromatic carbocycles. The zero-order valence-corrected chi connectivity index (χ0v) is 12.2. The zero-order valence-electron chi connectivity index (χ0n) is 11.5. The van der Waals surface area contributed by atoms with Gasteiger partial charge in [-0.25, -0.2) is 5.43 Å². The first-order chi connectivity index (χ1) is 10.6. The van der Waals surface area contributed by atoms with Gasteiger partial charge in [0.2, 0.25) is 0 Å². The van der Waals surface area contributed by atoms with Gasteiger partial charge in [-0.15, -0.1) is 0 Å². The average molecular weight is 317 g/mol. The molecule has 0 saturated carbocycles. The fourth-order valence-corrected chi connectivity index (χ4v) is 1.64. The van der Waals surface area contributed by atoms with Gasteiger partial charge in [0.1, 0.15) is 0 Å². The zero-order chi connectivity index (χ0) is 15.8. The third-order valence-corrected chi connectivity index (χ3v) is 2.86. The lowest BCUT2D eigenvalue weighted by Gasteiger charge is -2.03. The number of halogens is 1. The molecular formula is C15H13ClN4O2. The van der Waals surface area contributed by atoms with Crippen molar-refractivity contribution in [3.05, 3.63) is 64.9 Å². The number of nitrogens with one attached hydrogen (secondary N) is 2. The minimum Gasteiger partial charge on any atom is -0.342 e. The molecule has 6 nitrogen and oxygen atoms in total. The van der Waals surface area contributed by atoms with Gasteiger partial charge in [-0.2, -0.15) is 5.10 Å². The molecule has 2 amide bonds. The van der Waals surface area contributed by atoms with Gasteiger partial charge in [0.15, 0.2) is 0 Å². The summed E-state index contributed by atoms with van der Waals surface area (Å²) >= 11 is 5.75. The van der Waals surface area contributed by atoms with Crippen molar-refractivity contribution in [3.8, 4) is 0 Å². The predicted octanol–water partition coefficient (Wildman–Crippen LogP) is 1.50. The SMILES string of the molecule is O=C(NCc1ccccn1)C(=O)NN=Cc1ccc(Cl)cc1. The van der Waals surface area contributed by atoms with E-state index in [9.17, 15) is 9.59 Å². The number of nitrogens with zero attached hydrogens (tertiary/aromatic N) is 2. The Labute approximate surface area is 132 Å². The molecule has 7 heteroatoms. The molecule has 2 rings (SSSR count). The summed E-state index contributed by atoms with van der Waals surface area (Å²) in [5, 5.41) is 6.76. The van der Waals surface area contributed by atoms with Crippen LogP contribution in [0, 0.1) is 0 Å². The number of hydrogen-bond acceptors (Lipinski definition) is 4. The van der Waals surface area contributed by atoms with Gasteiger partial charge in [-0.3, -0.25) is 14.6 Å². The quantitative estimate of drug-likeness (QED) is 0.509. The topological polar surface area (TPSA) is 83.5 Å². The summed E-state index contributed by atoms with van der Waals surface area (Å²) < 4.78 is 0. The largest absolute Gasteiger partial charge is 0.342 e. The molecular weight excluding hydrogens is 304 g/mol. The first kappa shape index (κ1) is 15.7. The normalized spacial score (nSPS) is 10.4. The Morgan fingerprint density at radius 1 is 1.14 bits per heavy atom. The molecule has 0 bridgehead atoms. The van der Waals surface area contributed by atoms with Gasteiger partial charge in [-0.05, 0) is 29.8 Å². The van der Waals surface area contributed by atoms with E-state index in [0.717, 1.165) is 5.56 Å². The summed E-state index contributed by atoms with van der Waals surface area (Å²) in [5.41, 5.74) is 3.56. The van der Waals surface area contributed by atoms with Crippen LogP contribution < -0.4 is 10.7 Å². The van der Waals surface area contributed by atoms with E-state index in [1.165, 1.54) is 6.21 Å². The Kier molecular flexibility index (Phi) is 5.62. The monoisotopic (exact) mass is 316 g/mol. The highest BCUT2D eigenvalue weighted by atomic mass is 35.5. The van der Waals surface area contributed by atoms with Crippen molar-refractivity contribution in [1.29, 1.82) is 0 Å². The minimum absolute atomic E-state index is 0.175. The van der Waals surface area contributed by atoms with Crippen LogP contribution in [0.25, 0.3) is 0 Å². The van der Waals surface area contributed by atoms with E-state index in [1.54, 1.807) is 48.7 Å². The van der Waals surface area contributed by atoms with Gasteiger partial charge >= 0.3 is 11.8 Å². The molecule has 0 aliphatic carbocycles. The van der Waals surface area contributed by atoms with E-state index in [4.69, 9.17) is 11.6 Å². The lowest BCUT2D eigenvalue weighted by molar-refractivity contribution is -0.139. The second kappa shape index (κ2) is 7.90. The smallest absolute Gasteiger partial charge is 0.329 e. The molecule has 0 unspecified atom stereocenters. The second-order valence-electron chi connectivity index (χ2n) is 4.25. The number of pyridine rings is 1. The summed E-state index contributed by atoms with van der Waals surface area (Å²) in [6.07, 6.45) is 3.03. The van der Waals surface area contributed by atoms with Crippen LogP contribution in [0.1, 0.15) is 11.3 Å². The van der Waals surface area contributed by atoms with Crippen LogP contribution in [-0.2, 0) is 16.1 Å². The molecule has 1 heterocycles. The maximum absolute atomic E-state index is 11.6. The van der Waals surface area contributed by atoms with Crippen LogP contribution in [0.15, 0.2) is 53.8 Å². The van der Waals surface area contributed by atoms with Crippen LogP contribution in [0.5, 0.6) is 0 Å². The maximum Gasteiger partial charge on any atom is 0.329 e. The number of hydrogen-bond donors (Lipinski definition) is 2.